The van der Waals surface area contributed by atoms with Gasteiger partial charge in [0, 0.05) is 17.8 Å². The molecule has 1 aliphatic carbocycles. The summed E-state index contributed by atoms with van der Waals surface area (Å²) in [6, 6.07) is 3.64. The van der Waals surface area contributed by atoms with Crippen molar-refractivity contribution >= 4 is 5.91 Å². The fourth-order valence-corrected chi connectivity index (χ4v) is 1.24. The minimum Gasteiger partial charge on any atom is -0.290 e. The summed E-state index contributed by atoms with van der Waals surface area (Å²) in [6.45, 7) is 0. The number of pyridine rings is 1. The number of hydrogen-bond donors (Lipinski definition) is 2. The molecule has 4 nitrogen and oxygen atoms in total. The molecule has 1 aromatic rings. The molecular formula is C9H11N3O. The lowest BCUT2D eigenvalue weighted by Gasteiger charge is -2.00. The zero-order valence-electron chi connectivity index (χ0n) is 7.16. The zero-order chi connectivity index (χ0) is 9.26. The molecule has 0 spiro atoms. The predicted octanol–water partition coefficient (Wildman–Crippen LogP) is 0.562. The van der Waals surface area contributed by atoms with Crippen LogP contribution in [0.3, 0.4) is 0 Å². The average molecular weight is 177 g/mol. The van der Waals surface area contributed by atoms with Crippen LogP contribution in [0.5, 0.6) is 0 Å². The summed E-state index contributed by atoms with van der Waals surface area (Å²) >= 11 is 0. The van der Waals surface area contributed by atoms with Crippen LogP contribution in [-0.2, 0) is 0 Å². The molecule has 1 amide bonds. The first kappa shape index (κ1) is 8.19. The van der Waals surface area contributed by atoms with Crippen LogP contribution in [0.2, 0.25) is 0 Å². The first-order chi connectivity index (χ1) is 6.31. The molecule has 1 aliphatic rings. The number of carbonyl (C=O) groups excluding carboxylic acids is 1. The highest BCUT2D eigenvalue weighted by Gasteiger charge is 2.24. The van der Waals surface area contributed by atoms with Crippen molar-refractivity contribution in [2.45, 2.75) is 18.8 Å². The fraction of sp³-hybridized carbons (Fsp3) is 0.333. The molecule has 0 radical (unpaired) electrons. The maximum absolute atomic E-state index is 11.0. The second kappa shape index (κ2) is 3.14. The monoisotopic (exact) mass is 177 g/mol. The van der Waals surface area contributed by atoms with E-state index in [-0.39, 0.29) is 5.91 Å². The Bertz CT molecular complexity index is 316. The molecule has 0 bridgehead atoms. The zero-order valence-corrected chi connectivity index (χ0v) is 7.16. The first-order valence-electron chi connectivity index (χ1n) is 4.28. The van der Waals surface area contributed by atoms with Crippen LogP contribution >= 0.6 is 0 Å². The third kappa shape index (κ3) is 1.67. The molecule has 2 rings (SSSR count). The van der Waals surface area contributed by atoms with Crippen molar-refractivity contribution in [1.82, 2.24) is 10.4 Å². The summed E-state index contributed by atoms with van der Waals surface area (Å²) < 4.78 is 0. The van der Waals surface area contributed by atoms with Gasteiger partial charge in [-0.15, -0.1) is 0 Å². The average Bonchev–Trinajstić information content (AvgIpc) is 3.00. The lowest BCUT2D eigenvalue weighted by Crippen LogP contribution is -2.30. The van der Waals surface area contributed by atoms with Gasteiger partial charge in [-0.1, -0.05) is 0 Å². The van der Waals surface area contributed by atoms with Gasteiger partial charge >= 0.3 is 0 Å². The van der Waals surface area contributed by atoms with Gasteiger partial charge in [0.25, 0.3) is 5.91 Å². The van der Waals surface area contributed by atoms with E-state index in [1.807, 2.05) is 6.07 Å². The molecule has 0 unspecified atom stereocenters. The predicted molar refractivity (Wildman–Crippen MR) is 47.9 cm³/mol. The molecule has 1 fully saturated rings. The van der Waals surface area contributed by atoms with Gasteiger partial charge in [-0.2, -0.15) is 0 Å². The molecule has 0 aromatic carbocycles. The fourth-order valence-electron chi connectivity index (χ4n) is 1.24. The smallest absolute Gasteiger partial charge is 0.266 e. The van der Waals surface area contributed by atoms with E-state index in [9.17, 15) is 4.79 Å². The second-order valence-corrected chi connectivity index (χ2v) is 3.22. The van der Waals surface area contributed by atoms with Crippen LogP contribution in [0, 0.1) is 0 Å². The van der Waals surface area contributed by atoms with Crippen molar-refractivity contribution in [2.24, 2.45) is 5.84 Å². The number of nitrogens with two attached hydrogens (primary N) is 1. The van der Waals surface area contributed by atoms with Gasteiger partial charge in [-0.05, 0) is 25.0 Å². The molecule has 0 saturated heterocycles. The molecule has 3 N–H and O–H groups in total. The van der Waals surface area contributed by atoms with Crippen molar-refractivity contribution < 1.29 is 4.79 Å². The Balaban J connectivity index is 2.17. The minimum atomic E-state index is -0.296. The van der Waals surface area contributed by atoms with Crippen molar-refractivity contribution in [2.75, 3.05) is 0 Å². The van der Waals surface area contributed by atoms with Crippen LogP contribution in [0.1, 0.15) is 34.8 Å². The Hall–Kier alpha value is -1.42. The third-order valence-electron chi connectivity index (χ3n) is 2.18. The van der Waals surface area contributed by atoms with Crippen LogP contribution in [0.4, 0.5) is 0 Å². The second-order valence-electron chi connectivity index (χ2n) is 3.22. The molecule has 68 valence electrons. The molecule has 1 saturated carbocycles. The van der Waals surface area contributed by atoms with Crippen LogP contribution in [0.25, 0.3) is 0 Å². The lowest BCUT2D eigenvalue weighted by atomic mass is 10.2. The van der Waals surface area contributed by atoms with Gasteiger partial charge in [0.05, 0.1) is 5.56 Å². The summed E-state index contributed by atoms with van der Waals surface area (Å²) in [5.74, 6) is 5.31. The highest BCUT2D eigenvalue weighted by molar-refractivity contribution is 5.93. The number of carbonyl (C=O) groups is 1. The van der Waals surface area contributed by atoms with E-state index in [4.69, 9.17) is 5.84 Å². The molecular weight excluding hydrogens is 166 g/mol. The maximum atomic E-state index is 11.0. The van der Waals surface area contributed by atoms with Crippen LogP contribution < -0.4 is 11.3 Å². The van der Waals surface area contributed by atoms with Gasteiger partial charge in [0.2, 0.25) is 0 Å². The minimum absolute atomic E-state index is 0.296. The lowest BCUT2D eigenvalue weighted by molar-refractivity contribution is 0.0953. The van der Waals surface area contributed by atoms with Gasteiger partial charge in [0.15, 0.2) is 0 Å². The standard InChI is InChI=1S/C9H11N3O/c10-12-9(13)7-3-4-8(11-5-7)6-1-2-6/h3-6H,1-2,10H2,(H,12,13). The van der Waals surface area contributed by atoms with Gasteiger partial charge in [-0.25, -0.2) is 5.84 Å². The van der Waals surface area contributed by atoms with E-state index in [1.165, 1.54) is 12.8 Å². The largest absolute Gasteiger partial charge is 0.290 e. The van der Waals surface area contributed by atoms with Gasteiger partial charge in [-0.3, -0.25) is 15.2 Å². The summed E-state index contributed by atoms with van der Waals surface area (Å²) in [5.41, 5.74) is 3.65. The number of nitrogens with one attached hydrogen (secondary N) is 1. The maximum Gasteiger partial charge on any atom is 0.266 e. The summed E-state index contributed by atoms with van der Waals surface area (Å²) in [7, 11) is 0. The highest BCUT2D eigenvalue weighted by atomic mass is 16.2. The van der Waals surface area contributed by atoms with E-state index >= 15 is 0 Å². The number of hydrazine groups is 1. The molecule has 13 heavy (non-hydrogen) atoms. The number of nitrogens with zero attached hydrogens (tertiary/aromatic N) is 1. The number of rotatable bonds is 2. The van der Waals surface area contributed by atoms with E-state index in [0.717, 1.165) is 5.69 Å². The topological polar surface area (TPSA) is 68.0 Å². The normalized spacial score (nSPS) is 15.5. The van der Waals surface area contributed by atoms with Crippen molar-refractivity contribution in [3.63, 3.8) is 0 Å². The number of nitrogen functional groups attached to an aromatic ring is 1. The Kier molecular flexibility index (Phi) is 1.98. The van der Waals surface area contributed by atoms with Crippen molar-refractivity contribution in [3.8, 4) is 0 Å². The van der Waals surface area contributed by atoms with E-state index in [0.29, 0.717) is 11.5 Å². The number of amides is 1. The van der Waals surface area contributed by atoms with Gasteiger partial charge < -0.3 is 0 Å². The number of aromatic nitrogens is 1. The Morgan fingerprint density at radius 2 is 2.31 bits per heavy atom. The third-order valence-corrected chi connectivity index (χ3v) is 2.18. The Labute approximate surface area is 76.1 Å². The van der Waals surface area contributed by atoms with Crippen molar-refractivity contribution in [3.05, 3.63) is 29.6 Å². The molecule has 1 heterocycles. The van der Waals surface area contributed by atoms with Crippen molar-refractivity contribution in [1.29, 1.82) is 0 Å². The summed E-state index contributed by atoms with van der Waals surface area (Å²) in [5, 5.41) is 0. The summed E-state index contributed by atoms with van der Waals surface area (Å²) in [4.78, 5) is 15.2. The Morgan fingerprint density at radius 3 is 2.77 bits per heavy atom. The van der Waals surface area contributed by atoms with Crippen LogP contribution in [0.15, 0.2) is 18.3 Å². The molecule has 4 heteroatoms. The summed E-state index contributed by atoms with van der Waals surface area (Å²) in [6.07, 6.45) is 4.00. The van der Waals surface area contributed by atoms with Crippen LogP contribution in [-0.4, -0.2) is 10.9 Å². The molecule has 1 aromatic heterocycles. The first-order valence-corrected chi connectivity index (χ1v) is 4.28. The SMILES string of the molecule is NNC(=O)c1ccc(C2CC2)nc1. The molecule has 0 atom stereocenters. The van der Waals surface area contributed by atoms with E-state index < -0.39 is 0 Å². The Morgan fingerprint density at radius 1 is 1.54 bits per heavy atom. The number of hydrogen-bond acceptors (Lipinski definition) is 3. The van der Waals surface area contributed by atoms with E-state index in [2.05, 4.69) is 10.4 Å². The van der Waals surface area contributed by atoms with Gasteiger partial charge in [0.1, 0.15) is 0 Å². The quantitative estimate of drug-likeness (QED) is 0.394. The highest BCUT2D eigenvalue weighted by Crippen LogP contribution is 2.38. The molecule has 0 aliphatic heterocycles. The van der Waals surface area contributed by atoms with E-state index in [1.54, 1.807) is 12.3 Å².